The standard InChI is InChI=1S/C16H26N2O/c1-5-14(6-2)18(11-10-17)16(19)15-9-7-8-12(3)13(15)4/h7-9,14H,5-6,10-11,17H2,1-4H3. The van der Waals surface area contributed by atoms with Crippen LogP contribution in [0.1, 0.15) is 48.2 Å². The van der Waals surface area contributed by atoms with Crippen LogP contribution >= 0.6 is 0 Å². The number of benzene rings is 1. The highest BCUT2D eigenvalue weighted by Gasteiger charge is 2.23. The zero-order valence-electron chi connectivity index (χ0n) is 12.6. The van der Waals surface area contributed by atoms with E-state index in [1.165, 1.54) is 0 Å². The minimum Gasteiger partial charge on any atom is -0.334 e. The zero-order chi connectivity index (χ0) is 14.4. The number of hydrogen-bond donors (Lipinski definition) is 1. The van der Waals surface area contributed by atoms with E-state index in [2.05, 4.69) is 13.8 Å². The number of rotatable bonds is 6. The van der Waals surface area contributed by atoms with Crippen molar-refractivity contribution in [3.8, 4) is 0 Å². The molecule has 0 radical (unpaired) electrons. The molecular formula is C16H26N2O. The number of carbonyl (C=O) groups excluding carboxylic acids is 1. The quantitative estimate of drug-likeness (QED) is 0.857. The topological polar surface area (TPSA) is 46.3 Å². The van der Waals surface area contributed by atoms with Gasteiger partial charge in [0, 0.05) is 24.7 Å². The van der Waals surface area contributed by atoms with Crippen molar-refractivity contribution in [2.24, 2.45) is 5.73 Å². The van der Waals surface area contributed by atoms with Crippen LogP contribution in [0.4, 0.5) is 0 Å². The fourth-order valence-electron chi connectivity index (χ4n) is 2.46. The molecule has 0 aliphatic rings. The van der Waals surface area contributed by atoms with Crippen LogP contribution < -0.4 is 5.73 Å². The third-order valence-electron chi connectivity index (χ3n) is 3.85. The first kappa shape index (κ1) is 15.7. The maximum Gasteiger partial charge on any atom is 0.254 e. The van der Waals surface area contributed by atoms with Crippen LogP contribution in [-0.4, -0.2) is 29.9 Å². The fraction of sp³-hybridized carbons (Fsp3) is 0.562. The van der Waals surface area contributed by atoms with Crippen LogP contribution in [0.25, 0.3) is 0 Å². The summed E-state index contributed by atoms with van der Waals surface area (Å²) < 4.78 is 0. The first-order valence-corrected chi connectivity index (χ1v) is 7.14. The van der Waals surface area contributed by atoms with Gasteiger partial charge in [0.05, 0.1) is 0 Å². The van der Waals surface area contributed by atoms with E-state index < -0.39 is 0 Å². The molecule has 1 rings (SSSR count). The van der Waals surface area contributed by atoms with Crippen molar-refractivity contribution in [1.29, 1.82) is 0 Å². The Morgan fingerprint density at radius 2 is 1.89 bits per heavy atom. The Bertz CT molecular complexity index is 425. The third kappa shape index (κ3) is 3.57. The number of aryl methyl sites for hydroxylation is 1. The molecule has 1 aromatic carbocycles. The number of nitrogens with two attached hydrogens (primary N) is 1. The molecule has 0 heterocycles. The Hall–Kier alpha value is -1.35. The number of hydrogen-bond acceptors (Lipinski definition) is 2. The van der Waals surface area contributed by atoms with Gasteiger partial charge in [-0.2, -0.15) is 0 Å². The summed E-state index contributed by atoms with van der Waals surface area (Å²) in [7, 11) is 0. The van der Waals surface area contributed by atoms with Crippen LogP contribution in [-0.2, 0) is 0 Å². The molecule has 0 spiro atoms. The molecular weight excluding hydrogens is 236 g/mol. The molecule has 106 valence electrons. The van der Waals surface area contributed by atoms with Gasteiger partial charge in [0.1, 0.15) is 0 Å². The maximum atomic E-state index is 12.7. The molecule has 0 bridgehead atoms. The summed E-state index contributed by atoms with van der Waals surface area (Å²) in [4.78, 5) is 14.7. The predicted molar refractivity (Wildman–Crippen MR) is 80.4 cm³/mol. The van der Waals surface area contributed by atoms with Crippen molar-refractivity contribution in [2.75, 3.05) is 13.1 Å². The molecule has 0 fully saturated rings. The van der Waals surface area contributed by atoms with Gasteiger partial charge >= 0.3 is 0 Å². The summed E-state index contributed by atoms with van der Waals surface area (Å²) in [5.41, 5.74) is 8.70. The van der Waals surface area contributed by atoms with Gasteiger partial charge in [-0.3, -0.25) is 4.79 Å². The second-order valence-electron chi connectivity index (χ2n) is 5.01. The van der Waals surface area contributed by atoms with E-state index in [9.17, 15) is 4.79 Å². The van der Waals surface area contributed by atoms with Crippen molar-refractivity contribution >= 4 is 5.91 Å². The predicted octanol–water partition coefficient (Wildman–Crippen LogP) is 2.89. The highest BCUT2D eigenvalue weighted by molar-refractivity contribution is 5.96. The normalized spacial score (nSPS) is 10.8. The van der Waals surface area contributed by atoms with Gasteiger partial charge in [-0.05, 0) is 43.9 Å². The van der Waals surface area contributed by atoms with Crippen molar-refractivity contribution in [3.63, 3.8) is 0 Å². The van der Waals surface area contributed by atoms with E-state index in [1.807, 2.05) is 36.9 Å². The number of amides is 1. The Kier molecular flexibility index (Phi) is 6.03. The monoisotopic (exact) mass is 262 g/mol. The van der Waals surface area contributed by atoms with E-state index >= 15 is 0 Å². The maximum absolute atomic E-state index is 12.7. The fourth-order valence-corrected chi connectivity index (χ4v) is 2.46. The third-order valence-corrected chi connectivity index (χ3v) is 3.85. The molecule has 1 amide bonds. The summed E-state index contributed by atoms with van der Waals surface area (Å²) in [5.74, 6) is 0.111. The molecule has 3 nitrogen and oxygen atoms in total. The minimum absolute atomic E-state index is 0.111. The Morgan fingerprint density at radius 1 is 1.26 bits per heavy atom. The average molecular weight is 262 g/mol. The molecule has 2 N–H and O–H groups in total. The molecule has 0 saturated heterocycles. The molecule has 0 aromatic heterocycles. The van der Waals surface area contributed by atoms with Gasteiger partial charge < -0.3 is 10.6 Å². The highest BCUT2D eigenvalue weighted by Crippen LogP contribution is 2.18. The van der Waals surface area contributed by atoms with Crippen molar-refractivity contribution in [3.05, 3.63) is 34.9 Å². The molecule has 0 unspecified atom stereocenters. The van der Waals surface area contributed by atoms with Gasteiger partial charge in [0.2, 0.25) is 0 Å². The highest BCUT2D eigenvalue weighted by atomic mass is 16.2. The van der Waals surface area contributed by atoms with E-state index in [-0.39, 0.29) is 11.9 Å². The van der Waals surface area contributed by atoms with Crippen molar-refractivity contribution in [1.82, 2.24) is 4.90 Å². The second kappa shape index (κ2) is 7.29. The smallest absolute Gasteiger partial charge is 0.254 e. The summed E-state index contributed by atoms with van der Waals surface area (Å²) in [6.07, 6.45) is 1.93. The molecule has 1 aromatic rings. The molecule has 19 heavy (non-hydrogen) atoms. The Labute approximate surface area is 116 Å². The first-order chi connectivity index (χ1) is 9.06. The molecule has 3 heteroatoms. The largest absolute Gasteiger partial charge is 0.334 e. The lowest BCUT2D eigenvalue weighted by atomic mass is 10.0. The van der Waals surface area contributed by atoms with Crippen molar-refractivity contribution < 1.29 is 4.79 Å². The summed E-state index contributed by atoms with van der Waals surface area (Å²) in [6.45, 7) is 9.42. The lowest BCUT2D eigenvalue weighted by Crippen LogP contribution is -2.43. The van der Waals surface area contributed by atoms with E-state index in [1.54, 1.807) is 0 Å². The van der Waals surface area contributed by atoms with Crippen LogP contribution in [0.3, 0.4) is 0 Å². The van der Waals surface area contributed by atoms with E-state index in [0.717, 1.165) is 29.5 Å². The Morgan fingerprint density at radius 3 is 2.42 bits per heavy atom. The zero-order valence-corrected chi connectivity index (χ0v) is 12.6. The van der Waals surface area contributed by atoms with Crippen LogP contribution in [0, 0.1) is 13.8 Å². The lowest BCUT2D eigenvalue weighted by molar-refractivity contribution is 0.0673. The van der Waals surface area contributed by atoms with Gasteiger partial charge in [0.25, 0.3) is 5.91 Å². The molecule has 0 aliphatic heterocycles. The molecule has 0 saturated carbocycles. The van der Waals surface area contributed by atoms with Gasteiger partial charge in [-0.25, -0.2) is 0 Å². The number of nitrogens with zero attached hydrogens (tertiary/aromatic N) is 1. The summed E-state index contributed by atoms with van der Waals surface area (Å²) in [6, 6.07) is 6.17. The van der Waals surface area contributed by atoms with E-state index in [0.29, 0.717) is 13.1 Å². The minimum atomic E-state index is 0.111. The second-order valence-corrected chi connectivity index (χ2v) is 5.01. The average Bonchev–Trinajstić information content (AvgIpc) is 2.41. The van der Waals surface area contributed by atoms with Gasteiger partial charge in [0.15, 0.2) is 0 Å². The SMILES string of the molecule is CCC(CC)N(CCN)C(=O)c1cccc(C)c1C. The van der Waals surface area contributed by atoms with Crippen LogP contribution in [0.15, 0.2) is 18.2 Å². The van der Waals surface area contributed by atoms with Crippen LogP contribution in [0.5, 0.6) is 0 Å². The van der Waals surface area contributed by atoms with E-state index in [4.69, 9.17) is 5.73 Å². The van der Waals surface area contributed by atoms with Crippen LogP contribution in [0.2, 0.25) is 0 Å². The van der Waals surface area contributed by atoms with Gasteiger partial charge in [-0.15, -0.1) is 0 Å². The summed E-state index contributed by atoms with van der Waals surface area (Å²) in [5, 5.41) is 0. The van der Waals surface area contributed by atoms with Crippen molar-refractivity contribution in [2.45, 2.75) is 46.6 Å². The molecule has 0 aliphatic carbocycles. The van der Waals surface area contributed by atoms with Gasteiger partial charge in [-0.1, -0.05) is 26.0 Å². The first-order valence-electron chi connectivity index (χ1n) is 7.14. The lowest BCUT2D eigenvalue weighted by Gasteiger charge is -2.31. The summed E-state index contributed by atoms with van der Waals surface area (Å²) >= 11 is 0. The molecule has 0 atom stereocenters. The number of carbonyl (C=O) groups is 1. The Balaban J connectivity index is 3.08.